The summed E-state index contributed by atoms with van der Waals surface area (Å²) in [4.78, 5) is 1.45. The quantitative estimate of drug-likeness (QED) is 0.737. The van der Waals surface area contributed by atoms with Crippen LogP contribution >= 0.6 is 0 Å². The van der Waals surface area contributed by atoms with Crippen molar-refractivity contribution in [3.05, 3.63) is 78.4 Å². The fourth-order valence-electron chi connectivity index (χ4n) is 2.63. The molecule has 0 amide bonds. The van der Waals surface area contributed by atoms with Crippen LogP contribution in [-0.2, 0) is 6.54 Å². The average Bonchev–Trinajstić information content (AvgIpc) is 2.55. The van der Waals surface area contributed by atoms with Gasteiger partial charge in [0.05, 0.1) is 7.05 Å². The summed E-state index contributed by atoms with van der Waals surface area (Å²) in [5.41, 5.74) is 1.37. The summed E-state index contributed by atoms with van der Waals surface area (Å²) in [6.07, 6.45) is 0. The van der Waals surface area contributed by atoms with Crippen LogP contribution in [0.15, 0.2) is 72.8 Å². The summed E-state index contributed by atoms with van der Waals surface area (Å²) in [7, 11) is 2.21. The molecule has 0 saturated heterocycles. The number of quaternary nitrogens is 1. The van der Waals surface area contributed by atoms with E-state index in [0.717, 1.165) is 25.4 Å². The second-order valence-electron chi connectivity index (χ2n) is 5.73. The van der Waals surface area contributed by atoms with Gasteiger partial charge in [-0.15, -0.1) is 0 Å². The Morgan fingerprint density at radius 2 is 1.55 bits per heavy atom. The summed E-state index contributed by atoms with van der Waals surface area (Å²) in [5.74, 6) is 0.950. The third-order valence-corrected chi connectivity index (χ3v) is 3.87. The normalized spacial score (nSPS) is 12.2. The molecule has 0 heterocycles. The van der Waals surface area contributed by atoms with Crippen molar-refractivity contribution >= 4 is 10.8 Å². The zero-order valence-corrected chi connectivity index (χ0v) is 13.0. The van der Waals surface area contributed by atoms with Crippen LogP contribution in [0.1, 0.15) is 5.56 Å². The van der Waals surface area contributed by atoms with Crippen molar-refractivity contribution in [3.8, 4) is 5.75 Å². The van der Waals surface area contributed by atoms with E-state index in [0.29, 0.717) is 0 Å². The number of nitrogens with one attached hydrogen (secondary N) is 1. The maximum atomic E-state index is 5.90. The second-order valence-corrected chi connectivity index (χ2v) is 5.73. The lowest BCUT2D eigenvalue weighted by atomic mass is 10.1. The van der Waals surface area contributed by atoms with Gasteiger partial charge in [-0.1, -0.05) is 60.7 Å². The predicted molar refractivity (Wildman–Crippen MR) is 91.3 cm³/mol. The van der Waals surface area contributed by atoms with E-state index in [2.05, 4.69) is 79.8 Å². The Morgan fingerprint density at radius 1 is 0.818 bits per heavy atom. The molecule has 3 aromatic rings. The molecule has 0 saturated carbocycles. The Morgan fingerprint density at radius 3 is 2.36 bits per heavy atom. The number of benzene rings is 3. The third-order valence-electron chi connectivity index (χ3n) is 3.87. The number of fused-ring (bicyclic) bond motifs is 1. The molecule has 0 aliphatic rings. The number of hydrogen-bond donors (Lipinski definition) is 1. The molecule has 2 nitrogen and oxygen atoms in total. The highest BCUT2D eigenvalue weighted by Gasteiger charge is 2.04. The third kappa shape index (κ3) is 3.86. The molecule has 2 heteroatoms. The van der Waals surface area contributed by atoms with Crippen LogP contribution in [0.5, 0.6) is 5.75 Å². The molecule has 3 rings (SSSR count). The molecule has 112 valence electrons. The SMILES string of the molecule is C[NH+](CCOc1ccc2ccccc2c1)Cc1ccccc1. The number of rotatable bonds is 6. The van der Waals surface area contributed by atoms with Crippen molar-refractivity contribution in [3.63, 3.8) is 0 Å². The molecule has 0 aliphatic carbocycles. The van der Waals surface area contributed by atoms with Gasteiger partial charge in [0.25, 0.3) is 0 Å². The summed E-state index contributed by atoms with van der Waals surface area (Å²) in [6.45, 7) is 2.75. The number of ether oxygens (including phenoxy) is 1. The Kier molecular flexibility index (Phi) is 4.71. The van der Waals surface area contributed by atoms with Crippen molar-refractivity contribution in [2.75, 3.05) is 20.2 Å². The molecule has 0 bridgehead atoms. The Labute approximate surface area is 132 Å². The van der Waals surface area contributed by atoms with E-state index in [1.54, 1.807) is 0 Å². The van der Waals surface area contributed by atoms with Crippen LogP contribution in [0, 0.1) is 0 Å². The fourth-order valence-corrected chi connectivity index (χ4v) is 2.63. The van der Waals surface area contributed by atoms with Crippen molar-refractivity contribution in [1.29, 1.82) is 0 Å². The Balaban J connectivity index is 1.51. The van der Waals surface area contributed by atoms with Gasteiger partial charge in [-0.3, -0.25) is 0 Å². The summed E-state index contributed by atoms with van der Waals surface area (Å²) < 4.78 is 5.90. The van der Waals surface area contributed by atoms with E-state index in [1.807, 2.05) is 0 Å². The molecule has 1 atom stereocenters. The first-order valence-electron chi connectivity index (χ1n) is 7.78. The summed E-state index contributed by atoms with van der Waals surface area (Å²) in [6, 6.07) is 25.2. The van der Waals surface area contributed by atoms with Crippen LogP contribution in [0.4, 0.5) is 0 Å². The van der Waals surface area contributed by atoms with Crippen LogP contribution in [-0.4, -0.2) is 20.2 Å². The molecular weight excluding hydrogens is 270 g/mol. The molecule has 3 aromatic carbocycles. The minimum Gasteiger partial charge on any atom is -0.488 e. The highest BCUT2D eigenvalue weighted by Crippen LogP contribution is 2.20. The lowest BCUT2D eigenvalue weighted by Gasteiger charge is -2.14. The van der Waals surface area contributed by atoms with Gasteiger partial charge in [-0.2, -0.15) is 0 Å². The minimum absolute atomic E-state index is 0.733. The van der Waals surface area contributed by atoms with E-state index in [1.165, 1.54) is 21.2 Å². The zero-order chi connectivity index (χ0) is 15.2. The highest BCUT2D eigenvalue weighted by molar-refractivity contribution is 5.83. The van der Waals surface area contributed by atoms with Crippen molar-refractivity contribution in [1.82, 2.24) is 0 Å². The smallest absolute Gasteiger partial charge is 0.137 e. The largest absolute Gasteiger partial charge is 0.488 e. The highest BCUT2D eigenvalue weighted by atomic mass is 16.5. The van der Waals surface area contributed by atoms with Crippen molar-refractivity contribution < 1.29 is 9.64 Å². The van der Waals surface area contributed by atoms with Crippen molar-refractivity contribution in [2.24, 2.45) is 0 Å². The molecule has 0 aliphatic heterocycles. The van der Waals surface area contributed by atoms with Gasteiger partial charge in [-0.25, -0.2) is 0 Å². The van der Waals surface area contributed by atoms with Gasteiger partial charge < -0.3 is 9.64 Å². The van der Waals surface area contributed by atoms with Crippen LogP contribution < -0.4 is 9.64 Å². The molecule has 0 aromatic heterocycles. The van der Waals surface area contributed by atoms with Gasteiger partial charge in [-0.05, 0) is 22.9 Å². The van der Waals surface area contributed by atoms with Crippen LogP contribution in [0.3, 0.4) is 0 Å². The van der Waals surface area contributed by atoms with Crippen LogP contribution in [0.2, 0.25) is 0 Å². The van der Waals surface area contributed by atoms with Gasteiger partial charge in [0.2, 0.25) is 0 Å². The Bertz CT molecular complexity index is 724. The first-order chi connectivity index (χ1) is 10.8. The second kappa shape index (κ2) is 7.10. The lowest BCUT2D eigenvalue weighted by molar-refractivity contribution is -0.893. The standard InChI is InChI=1S/C20H21NO/c1-21(16-17-7-3-2-4-8-17)13-14-22-20-12-11-18-9-5-6-10-19(18)15-20/h2-12,15H,13-14,16H2,1H3/p+1. The minimum atomic E-state index is 0.733. The lowest BCUT2D eigenvalue weighted by Crippen LogP contribution is -3.08. The molecule has 1 N–H and O–H groups in total. The van der Waals surface area contributed by atoms with E-state index in [9.17, 15) is 0 Å². The number of hydrogen-bond acceptors (Lipinski definition) is 1. The number of likely N-dealkylation sites (N-methyl/N-ethyl adjacent to an activating group) is 1. The maximum absolute atomic E-state index is 5.90. The monoisotopic (exact) mass is 292 g/mol. The van der Waals surface area contributed by atoms with E-state index < -0.39 is 0 Å². The first kappa shape index (κ1) is 14.6. The molecule has 0 radical (unpaired) electrons. The van der Waals surface area contributed by atoms with E-state index >= 15 is 0 Å². The van der Waals surface area contributed by atoms with Crippen molar-refractivity contribution in [2.45, 2.75) is 6.54 Å². The molecule has 0 spiro atoms. The maximum Gasteiger partial charge on any atom is 0.137 e. The van der Waals surface area contributed by atoms with Gasteiger partial charge >= 0.3 is 0 Å². The van der Waals surface area contributed by atoms with E-state index in [-0.39, 0.29) is 0 Å². The molecule has 22 heavy (non-hydrogen) atoms. The van der Waals surface area contributed by atoms with Crippen LogP contribution in [0.25, 0.3) is 10.8 Å². The van der Waals surface area contributed by atoms with Gasteiger partial charge in [0.15, 0.2) is 0 Å². The zero-order valence-electron chi connectivity index (χ0n) is 13.0. The summed E-state index contributed by atoms with van der Waals surface area (Å²) in [5, 5.41) is 2.48. The molecule has 0 fully saturated rings. The van der Waals surface area contributed by atoms with Gasteiger partial charge in [0.1, 0.15) is 25.4 Å². The van der Waals surface area contributed by atoms with E-state index in [4.69, 9.17) is 4.74 Å². The topological polar surface area (TPSA) is 13.7 Å². The average molecular weight is 292 g/mol. The predicted octanol–water partition coefficient (Wildman–Crippen LogP) is 2.93. The van der Waals surface area contributed by atoms with Gasteiger partial charge in [0, 0.05) is 5.56 Å². The Hall–Kier alpha value is -2.32. The first-order valence-corrected chi connectivity index (χ1v) is 7.78. The molecular formula is C20H22NO+. The fraction of sp³-hybridized carbons (Fsp3) is 0.200. The summed E-state index contributed by atoms with van der Waals surface area (Å²) >= 11 is 0. The molecule has 1 unspecified atom stereocenters.